The minimum atomic E-state index is -3.93. The van der Waals surface area contributed by atoms with Crippen LogP contribution in [0.2, 0.25) is 5.02 Å². The zero-order chi connectivity index (χ0) is 18.8. The van der Waals surface area contributed by atoms with Gasteiger partial charge in [-0.05, 0) is 13.0 Å². The number of anilines is 1. The van der Waals surface area contributed by atoms with Gasteiger partial charge >= 0.3 is 0 Å². The molecule has 7 nitrogen and oxygen atoms in total. The van der Waals surface area contributed by atoms with E-state index in [9.17, 15) is 13.2 Å². The highest BCUT2D eigenvalue weighted by molar-refractivity contribution is 7.93. The Balaban J connectivity index is 2.46. The molecule has 0 saturated heterocycles. The lowest BCUT2D eigenvalue weighted by Crippen LogP contribution is -2.17. The molecule has 1 heterocycles. The number of ether oxygens (including phenoxy) is 2. The fourth-order valence-corrected chi connectivity index (χ4v) is 4.94. The van der Waals surface area contributed by atoms with Crippen molar-refractivity contribution in [2.75, 3.05) is 26.0 Å². The molecular weight excluding hydrogens is 388 g/mol. The summed E-state index contributed by atoms with van der Waals surface area (Å²) in [7, 11) is 0.367. The van der Waals surface area contributed by atoms with Gasteiger partial charge in [0.15, 0.2) is 0 Å². The molecule has 0 bridgehead atoms. The van der Waals surface area contributed by atoms with Crippen LogP contribution in [0.3, 0.4) is 0 Å². The van der Waals surface area contributed by atoms with Crippen molar-refractivity contribution >= 4 is 44.6 Å². The lowest BCUT2D eigenvalue weighted by molar-refractivity contribution is 0.0967. The van der Waals surface area contributed by atoms with Crippen LogP contribution in [0.1, 0.15) is 14.5 Å². The van der Waals surface area contributed by atoms with Gasteiger partial charge in [-0.2, -0.15) is 0 Å². The summed E-state index contributed by atoms with van der Waals surface area (Å²) in [5.41, 5.74) is 0.177. The quantitative estimate of drug-likeness (QED) is 0.772. The van der Waals surface area contributed by atoms with Crippen LogP contribution in [0.15, 0.2) is 23.1 Å². The highest BCUT2D eigenvalue weighted by Crippen LogP contribution is 2.37. The maximum atomic E-state index is 12.7. The number of sulfonamides is 1. The lowest BCUT2D eigenvalue weighted by atomic mass is 10.3. The van der Waals surface area contributed by atoms with Crippen molar-refractivity contribution in [3.63, 3.8) is 0 Å². The van der Waals surface area contributed by atoms with E-state index >= 15 is 0 Å². The van der Waals surface area contributed by atoms with E-state index in [1.165, 1.54) is 39.5 Å². The van der Waals surface area contributed by atoms with E-state index < -0.39 is 10.0 Å². The van der Waals surface area contributed by atoms with E-state index in [1.54, 1.807) is 6.92 Å². The molecule has 25 heavy (non-hydrogen) atoms. The number of amides is 1. The molecule has 1 amide bonds. The summed E-state index contributed by atoms with van der Waals surface area (Å²) in [5.74, 6) is 0.197. The number of thiophene rings is 1. The van der Waals surface area contributed by atoms with Crippen LogP contribution < -0.4 is 19.5 Å². The molecule has 0 unspecified atom stereocenters. The van der Waals surface area contributed by atoms with Crippen molar-refractivity contribution in [2.24, 2.45) is 0 Å². The second-order valence-electron chi connectivity index (χ2n) is 4.90. The average Bonchev–Trinajstić information content (AvgIpc) is 2.97. The summed E-state index contributed by atoms with van der Waals surface area (Å²) in [6.07, 6.45) is 0. The highest BCUT2D eigenvalue weighted by atomic mass is 35.5. The van der Waals surface area contributed by atoms with E-state index in [2.05, 4.69) is 10.0 Å². The highest BCUT2D eigenvalue weighted by Gasteiger charge is 2.24. The predicted octanol–water partition coefficient (Wildman–Crippen LogP) is 2.89. The topological polar surface area (TPSA) is 93.7 Å². The molecule has 10 heteroatoms. The standard InChI is InChI=1S/C15H17ClN2O5S2/c1-8-14(7-13(24-8)15(19)17-2)25(20,21)18-10-6-11(22-3)9(16)5-12(10)23-4/h5-7,18H,1-4H3,(H,17,19). The molecule has 0 aliphatic rings. The zero-order valence-electron chi connectivity index (χ0n) is 14.0. The molecule has 1 aromatic heterocycles. The van der Waals surface area contributed by atoms with Gasteiger partial charge in [-0.1, -0.05) is 11.6 Å². The maximum absolute atomic E-state index is 12.7. The van der Waals surface area contributed by atoms with Crippen LogP contribution in [0.5, 0.6) is 11.5 Å². The van der Waals surface area contributed by atoms with Crippen LogP contribution in [-0.2, 0) is 10.0 Å². The predicted molar refractivity (Wildman–Crippen MR) is 97.8 cm³/mol. The number of nitrogens with one attached hydrogen (secondary N) is 2. The Labute approximate surface area is 155 Å². The first kappa shape index (κ1) is 19.4. The number of hydrogen-bond donors (Lipinski definition) is 2. The molecular formula is C15H17ClN2O5S2. The first-order valence-corrected chi connectivity index (χ1v) is 9.68. The van der Waals surface area contributed by atoms with Gasteiger partial charge in [0, 0.05) is 24.1 Å². The average molecular weight is 405 g/mol. The molecule has 2 N–H and O–H groups in total. The number of aryl methyl sites for hydroxylation is 1. The van der Waals surface area contributed by atoms with Crippen LogP contribution in [0, 0.1) is 6.92 Å². The van der Waals surface area contributed by atoms with Gasteiger partial charge in [-0.25, -0.2) is 8.42 Å². The zero-order valence-corrected chi connectivity index (χ0v) is 16.4. The van der Waals surface area contributed by atoms with Gasteiger partial charge in [-0.3, -0.25) is 9.52 Å². The number of hydrogen-bond acceptors (Lipinski definition) is 6. The van der Waals surface area contributed by atoms with E-state index in [0.29, 0.717) is 15.5 Å². The Morgan fingerprint density at radius 3 is 2.36 bits per heavy atom. The summed E-state index contributed by atoms with van der Waals surface area (Å²) < 4.78 is 38.2. The van der Waals surface area contributed by atoms with Gasteiger partial charge in [0.1, 0.15) is 16.4 Å². The van der Waals surface area contributed by atoms with Gasteiger partial charge in [0.25, 0.3) is 15.9 Å². The monoisotopic (exact) mass is 404 g/mol. The van der Waals surface area contributed by atoms with Crippen molar-refractivity contribution in [1.82, 2.24) is 5.32 Å². The third-order valence-electron chi connectivity index (χ3n) is 3.33. The molecule has 0 saturated carbocycles. The molecule has 0 aliphatic heterocycles. The number of methoxy groups -OCH3 is 2. The number of carbonyl (C=O) groups excluding carboxylic acids is 1. The first-order chi connectivity index (χ1) is 11.7. The number of carbonyl (C=O) groups is 1. The lowest BCUT2D eigenvalue weighted by Gasteiger charge is -2.14. The summed E-state index contributed by atoms with van der Waals surface area (Å²) in [6, 6.07) is 4.22. The fourth-order valence-electron chi connectivity index (χ4n) is 2.11. The van der Waals surface area contributed by atoms with E-state index in [4.69, 9.17) is 21.1 Å². The summed E-state index contributed by atoms with van der Waals surface area (Å²) in [6.45, 7) is 1.63. The largest absolute Gasteiger partial charge is 0.495 e. The van der Waals surface area contributed by atoms with E-state index in [1.807, 2.05) is 0 Å². The van der Waals surface area contributed by atoms with Crippen LogP contribution >= 0.6 is 22.9 Å². The van der Waals surface area contributed by atoms with Crippen molar-refractivity contribution < 1.29 is 22.7 Å². The van der Waals surface area contributed by atoms with Crippen molar-refractivity contribution in [1.29, 1.82) is 0 Å². The normalized spacial score (nSPS) is 11.1. The summed E-state index contributed by atoms with van der Waals surface area (Å²) in [4.78, 5) is 12.5. The van der Waals surface area contributed by atoms with E-state index in [-0.39, 0.29) is 27.3 Å². The third-order valence-corrected chi connectivity index (χ3v) is 6.30. The van der Waals surface area contributed by atoms with Gasteiger partial charge < -0.3 is 14.8 Å². The minimum Gasteiger partial charge on any atom is -0.495 e. The molecule has 1 aromatic carbocycles. The Hall–Kier alpha value is -1.97. The number of halogens is 1. The van der Waals surface area contributed by atoms with Gasteiger partial charge in [0.2, 0.25) is 0 Å². The summed E-state index contributed by atoms with van der Waals surface area (Å²) >= 11 is 7.12. The van der Waals surface area contributed by atoms with Gasteiger partial charge in [0.05, 0.1) is 29.8 Å². The Kier molecular flexibility index (Phi) is 5.81. The smallest absolute Gasteiger partial charge is 0.263 e. The Morgan fingerprint density at radius 1 is 1.16 bits per heavy atom. The van der Waals surface area contributed by atoms with Crippen molar-refractivity contribution in [3.8, 4) is 11.5 Å². The van der Waals surface area contributed by atoms with Crippen molar-refractivity contribution in [3.05, 3.63) is 33.0 Å². The molecule has 0 aliphatic carbocycles. The minimum absolute atomic E-state index is 0.0204. The first-order valence-electron chi connectivity index (χ1n) is 7.00. The van der Waals surface area contributed by atoms with Crippen LogP contribution in [0.25, 0.3) is 0 Å². The van der Waals surface area contributed by atoms with Crippen LogP contribution in [-0.4, -0.2) is 35.6 Å². The Bertz CT molecular complexity index is 909. The third kappa shape index (κ3) is 4.00. The second-order valence-corrected chi connectivity index (χ2v) is 8.22. The molecule has 0 fully saturated rings. The van der Waals surface area contributed by atoms with Crippen molar-refractivity contribution in [2.45, 2.75) is 11.8 Å². The van der Waals surface area contributed by atoms with Crippen LogP contribution in [0.4, 0.5) is 5.69 Å². The Morgan fingerprint density at radius 2 is 1.80 bits per heavy atom. The second kappa shape index (κ2) is 7.51. The number of rotatable bonds is 6. The fraction of sp³-hybridized carbons (Fsp3) is 0.267. The molecule has 136 valence electrons. The van der Waals surface area contributed by atoms with Gasteiger partial charge in [-0.15, -0.1) is 11.3 Å². The SMILES string of the molecule is CNC(=O)c1cc(S(=O)(=O)Nc2cc(OC)c(Cl)cc2OC)c(C)s1. The molecule has 0 atom stereocenters. The molecule has 2 aromatic rings. The number of benzene rings is 1. The molecule has 0 radical (unpaired) electrons. The maximum Gasteiger partial charge on any atom is 0.263 e. The van der Waals surface area contributed by atoms with E-state index in [0.717, 1.165) is 11.3 Å². The summed E-state index contributed by atoms with van der Waals surface area (Å²) in [5, 5.41) is 2.76. The molecule has 2 rings (SSSR count). The molecule has 0 spiro atoms.